The molecule has 1 rings (SSSR count). The summed E-state index contributed by atoms with van der Waals surface area (Å²) >= 11 is 1.68. The number of thioether (sulfide) groups is 1. The van der Waals surface area contributed by atoms with Gasteiger partial charge in [0.25, 0.3) is 0 Å². The molecule has 0 aliphatic heterocycles. The van der Waals surface area contributed by atoms with Crippen LogP contribution in [0.3, 0.4) is 0 Å². The summed E-state index contributed by atoms with van der Waals surface area (Å²) < 4.78 is 0. The van der Waals surface area contributed by atoms with Crippen LogP contribution in [0, 0.1) is 0 Å². The van der Waals surface area contributed by atoms with Gasteiger partial charge in [0.15, 0.2) is 0 Å². The highest BCUT2D eigenvalue weighted by Crippen LogP contribution is 2.10. The largest absolute Gasteiger partial charge is 0.351 e. The highest BCUT2D eigenvalue weighted by molar-refractivity contribution is 7.98. The van der Waals surface area contributed by atoms with Gasteiger partial charge >= 0.3 is 0 Å². The molecule has 2 amide bonds. The fourth-order valence-electron chi connectivity index (χ4n) is 1.85. The summed E-state index contributed by atoms with van der Waals surface area (Å²) in [6.07, 6.45) is 4.01. The molecule has 0 unspecified atom stereocenters. The molecule has 1 atom stereocenters. The smallest absolute Gasteiger partial charge is 0.237 e. The van der Waals surface area contributed by atoms with Crippen molar-refractivity contribution in [3.8, 4) is 0 Å². The molecule has 0 fully saturated rings. The minimum Gasteiger partial charge on any atom is -0.351 e. The van der Waals surface area contributed by atoms with Crippen molar-refractivity contribution in [2.75, 3.05) is 17.3 Å². The molecule has 0 spiro atoms. The lowest BCUT2D eigenvalue weighted by Crippen LogP contribution is -2.40. The molecule has 1 aromatic rings. The van der Waals surface area contributed by atoms with E-state index in [0.717, 1.165) is 23.4 Å². The van der Waals surface area contributed by atoms with Crippen LogP contribution in [0.1, 0.15) is 31.7 Å². The molecule has 122 valence electrons. The molecule has 0 aromatic heterocycles. The lowest BCUT2D eigenvalue weighted by molar-refractivity contribution is -0.122. The predicted molar refractivity (Wildman–Crippen MR) is 92.8 cm³/mol. The maximum atomic E-state index is 11.8. The number of benzene rings is 1. The zero-order valence-corrected chi connectivity index (χ0v) is 14.0. The number of rotatable bonds is 9. The van der Waals surface area contributed by atoms with Crippen molar-refractivity contribution in [3.63, 3.8) is 0 Å². The van der Waals surface area contributed by atoms with Crippen molar-refractivity contribution in [2.45, 2.75) is 38.8 Å². The number of nitrogens with one attached hydrogen (secondary N) is 2. The Hall–Kier alpha value is -1.53. The Kier molecular flexibility index (Phi) is 8.62. The maximum absolute atomic E-state index is 11.8. The Morgan fingerprint density at radius 3 is 2.55 bits per heavy atom. The topological polar surface area (TPSA) is 84.2 Å². The van der Waals surface area contributed by atoms with Crippen molar-refractivity contribution in [1.29, 1.82) is 0 Å². The number of carbonyl (C=O) groups is 2. The van der Waals surface area contributed by atoms with Gasteiger partial charge in [-0.05, 0) is 42.5 Å². The van der Waals surface area contributed by atoms with Gasteiger partial charge in [-0.2, -0.15) is 11.8 Å². The third kappa shape index (κ3) is 6.95. The molecule has 0 saturated heterocycles. The van der Waals surface area contributed by atoms with E-state index in [9.17, 15) is 9.59 Å². The van der Waals surface area contributed by atoms with Gasteiger partial charge in [-0.15, -0.1) is 0 Å². The molecule has 0 aliphatic carbocycles. The second kappa shape index (κ2) is 10.2. The lowest BCUT2D eigenvalue weighted by Gasteiger charge is -2.12. The van der Waals surface area contributed by atoms with Crippen LogP contribution >= 0.6 is 11.8 Å². The van der Waals surface area contributed by atoms with Crippen LogP contribution in [0.25, 0.3) is 0 Å². The van der Waals surface area contributed by atoms with E-state index in [1.54, 1.807) is 11.8 Å². The van der Waals surface area contributed by atoms with Crippen LogP contribution in [0.5, 0.6) is 0 Å². The van der Waals surface area contributed by atoms with Crippen LogP contribution in [0.2, 0.25) is 0 Å². The average Bonchev–Trinajstić information content (AvgIpc) is 2.51. The van der Waals surface area contributed by atoms with Crippen LogP contribution < -0.4 is 16.4 Å². The van der Waals surface area contributed by atoms with Gasteiger partial charge in [0.2, 0.25) is 11.8 Å². The normalized spacial score (nSPS) is 11.8. The standard InChI is InChI=1S/C16H25N3O2S/c1-3-4-15(20)19-13-7-5-12(6-8-13)11-18-16(21)14(17)9-10-22-2/h5-8,14H,3-4,9-11,17H2,1-2H3,(H,18,21)(H,19,20)/t14-/m0/s1. The summed E-state index contributed by atoms with van der Waals surface area (Å²) in [5, 5.41) is 5.66. The molecule has 0 aliphatic rings. The van der Waals surface area contributed by atoms with E-state index < -0.39 is 6.04 Å². The maximum Gasteiger partial charge on any atom is 0.237 e. The molecular formula is C16H25N3O2S. The minimum atomic E-state index is -0.458. The summed E-state index contributed by atoms with van der Waals surface area (Å²) in [6, 6.07) is 6.98. The SMILES string of the molecule is CCCC(=O)Nc1ccc(CNC(=O)[C@@H](N)CCSC)cc1. The van der Waals surface area contributed by atoms with E-state index >= 15 is 0 Å². The Morgan fingerprint density at radius 2 is 1.95 bits per heavy atom. The molecule has 0 saturated carbocycles. The van der Waals surface area contributed by atoms with Crippen LogP contribution in [-0.4, -0.2) is 29.9 Å². The molecule has 0 bridgehead atoms. The second-order valence-electron chi connectivity index (χ2n) is 5.10. The first-order chi connectivity index (χ1) is 10.6. The molecule has 6 heteroatoms. The van der Waals surface area contributed by atoms with Gasteiger partial charge in [0.05, 0.1) is 6.04 Å². The van der Waals surface area contributed by atoms with Crippen molar-refractivity contribution >= 4 is 29.3 Å². The van der Waals surface area contributed by atoms with Gasteiger partial charge < -0.3 is 16.4 Å². The van der Waals surface area contributed by atoms with Crippen LogP contribution in [0.15, 0.2) is 24.3 Å². The zero-order chi connectivity index (χ0) is 16.4. The van der Waals surface area contributed by atoms with Gasteiger partial charge in [-0.1, -0.05) is 19.1 Å². The van der Waals surface area contributed by atoms with E-state index in [0.29, 0.717) is 19.4 Å². The molecular weight excluding hydrogens is 298 g/mol. The summed E-state index contributed by atoms with van der Waals surface area (Å²) in [4.78, 5) is 23.3. The summed E-state index contributed by atoms with van der Waals surface area (Å²) in [7, 11) is 0. The first kappa shape index (κ1) is 18.5. The van der Waals surface area contributed by atoms with E-state index in [2.05, 4.69) is 10.6 Å². The second-order valence-corrected chi connectivity index (χ2v) is 6.09. The van der Waals surface area contributed by atoms with E-state index in [-0.39, 0.29) is 11.8 Å². The van der Waals surface area contributed by atoms with Crippen LogP contribution in [0.4, 0.5) is 5.69 Å². The molecule has 4 N–H and O–H groups in total. The number of amides is 2. The Balaban J connectivity index is 2.41. The summed E-state index contributed by atoms with van der Waals surface area (Å²) in [5.74, 6) is 0.762. The van der Waals surface area contributed by atoms with Gasteiger partial charge in [0.1, 0.15) is 0 Å². The van der Waals surface area contributed by atoms with E-state index in [1.807, 2.05) is 37.4 Å². The fourth-order valence-corrected chi connectivity index (χ4v) is 2.34. The molecule has 0 heterocycles. The Bertz CT molecular complexity index is 477. The summed E-state index contributed by atoms with van der Waals surface area (Å²) in [5.41, 5.74) is 7.54. The first-order valence-electron chi connectivity index (χ1n) is 7.47. The highest BCUT2D eigenvalue weighted by atomic mass is 32.2. The number of nitrogens with two attached hydrogens (primary N) is 1. The fraction of sp³-hybridized carbons (Fsp3) is 0.500. The molecule has 5 nitrogen and oxygen atoms in total. The molecule has 1 aromatic carbocycles. The number of anilines is 1. The third-order valence-corrected chi connectivity index (χ3v) is 3.80. The Morgan fingerprint density at radius 1 is 1.27 bits per heavy atom. The Labute approximate surface area is 136 Å². The van der Waals surface area contributed by atoms with Gasteiger partial charge in [-0.25, -0.2) is 0 Å². The van der Waals surface area contributed by atoms with Crippen molar-refractivity contribution in [2.24, 2.45) is 5.73 Å². The summed E-state index contributed by atoms with van der Waals surface area (Å²) in [6.45, 7) is 2.41. The van der Waals surface area contributed by atoms with Gasteiger partial charge in [-0.3, -0.25) is 9.59 Å². The highest BCUT2D eigenvalue weighted by Gasteiger charge is 2.12. The van der Waals surface area contributed by atoms with Crippen molar-refractivity contribution < 1.29 is 9.59 Å². The molecule has 22 heavy (non-hydrogen) atoms. The monoisotopic (exact) mass is 323 g/mol. The number of hydrogen-bond acceptors (Lipinski definition) is 4. The minimum absolute atomic E-state index is 0.0170. The van der Waals surface area contributed by atoms with E-state index in [1.165, 1.54) is 0 Å². The van der Waals surface area contributed by atoms with Crippen molar-refractivity contribution in [3.05, 3.63) is 29.8 Å². The third-order valence-electron chi connectivity index (χ3n) is 3.15. The average molecular weight is 323 g/mol. The quantitative estimate of drug-likeness (QED) is 0.650. The number of carbonyl (C=O) groups excluding carboxylic acids is 2. The zero-order valence-electron chi connectivity index (χ0n) is 13.2. The molecule has 0 radical (unpaired) electrons. The van der Waals surface area contributed by atoms with Gasteiger partial charge in [0, 0.05) is 18.7 Å². The number of hydrogen-bond donors (Lipinski definition) is 3. The van der Waals surface area contributed by atoms with Crippen LogP contribution in [-0.2, 0) is 16.1 Å². The predicted octanol–water partition coefficient (Wildman–Crippen LogP) is 2.12. The van der Waals surface area contributed by atoms with E-state index in [4.69, 9.17) is 5.73 Å². The lowest BCUT2D eigenvalue weighted by atomic mass is 10.2. The van der Waals surface area contributed by atoms with Crippen molar-refractivity contribution in [1.82, 2.24) is 5.32 Å². The first-order valence-corrected chi connectivity index (χ1v) is 8.87.